The average molecular weight is 301 g/mol. The lowest BCUT2D eigenvalue weighted by molar-refractivity contribution is 0.0951. The van der Waals surface area contributed by atoms with E-state index in [1.807, 2.05) is 0 Å². The van der Waals surface area contributed by atoms with Gasteiger partial charge < -0.3 is 20.8 Å². The predicted octanol–water partition coefficient (Wildman–Crippen LogP) is 2.00. The number of carbonyl (C=O) groups is 2. The second-order valence-corrected chi connectivity index (χ2v) is 4.76. The fraction of sp³-hybridized carbons (Fsp3) is 0.250. The lowest BCUT2D eigenvalue weighted by Crippen LogP contribution is -2.25. The number of amides is 2. The predicted molar refractivity (Wildman–Crippen MR) is 83.7 cm³/mol. The molecule has 0 unspecified atom stereocenters. The van der Waals surface area contributed by atoms with Gasteiger partial charge in [-0.1, -0.05) is 6.07 Å². The maximum atomic E-state index is 12.0. The third-order valence-electron chi connectivity index (χ3n) is 3.04. The topological polar surface area (TPSA) is 97.4 Å². The standard InChI is InChI=1S/C16H19N3O3/c17-8-1-2-9-18-15(20)12-5-3-6-13(11-12)19-16(21)14-7-4-10-22-14/h3-7,10-11H,1-2,8-9,17H2,(H,18,20)(H,19,21). The molecule has 4 N–H and O–H groups in total. The highest BCUT2D eigenvalue weighted by molar-refractivity contribution is 6.03. The zero-order valence-electron chi connectivity index (χ0n) is 12.2. The SMILES string of the molecule is NCCCCNC(=O)c1cccc(NC(=O)c2ccco2)c1. The molecule has 2 aromatic rings. The zero-order chi connectivity index (χ0) is 15.8. The first-order valence-corrected chi connectivity index (χ1v) is 7.14. The number of hydrogen-bond donors (Lipinski definition) is 3. The van der Waals surface area contributed by atoms with Crippen molar-refractivity contribution < 1.29 is 14.0 Å². The highest BCUT2D eigenvalue weighted by Crippen LogP contribution is 2.12. The summed E-state index contributed by atoms with van der Waals surface area (Å²) in [6.45, 7) is 1.20. The van der Waals surface area contributed by atoms with Gasteiger partial charge in [-0.3, -0.25) is 9.59 Å². The number of rotatable bonds is 7. The molecule has 0 fully saturated rings. The van der Waals surface area contributed by atoms with Crippen molar-refractivity contribution in [3.05, 3.63) is 54.0 Å². The highest BCUT2D eigenvalue weighted by Gasteiger charge is 2.10. The Morgan fingerprint density at radius 1 is 1.09 bits per heavy atom. The Kier molecular flexibility index (Phi) is 5.73. The molecule has 0 atom stereocenters. The van der Waals surface area contributed by atoms with E-state index in [2.05, 4.69) is 10.6 Å². The Morgan fingerprint density at radius 3 is 2.68 bits per heavy atom. The molecular weight excluding hydrogens is 282 g/mol. The minimum absolute atomic E-state index is 0.175. The Hall–Kier alpha value is -2.60. The van der Waals surface area contributed by atoms with Crippen LogP contribution in [0.5, 0.6) is 0 Å². The number of anilines is 1. The molecular formula is C16H19N3O3. The summed E-state index contributed by atoms with van der Waals surface area (Å²) in [6, 6.07) is 9.96. The van der Waals surface area contributed by atoms with Crippen LogP contribution < -0.4 is 16.4 Å². The minimum Gasteiger partial charge on any atom is -0.459 e. The van der Waals surface area contributed by atoms with Crippen LogP contribution in [0.2, 0.25) is 0 Å². The number of nitrogens with one attached hydrogen (secondary N) is 2. The second kappa shape index (κ2) is 7.99. The van der Waals surface area contributed by atoms with E-state index in [4.69, 9.17) is 10.2 Å². The van der Waals surface area contributed by atoms with E-state index in [0.29, 0.717) is 24.3 Å². The van der Waals surface area contributed by atoms with Gasteiger partial charge in [-0.2, -0.15) is 0 Å². The van der Waals surface area contributed by atoms with Gasteiger partial charge >= 0.3 is 0 Å². The van der Waals surface area contributed by atoms with E-state index < -0.39 is 0 Å². The number of hydrogen-bond acceptors (Lipinski definition) is 4. The van der Waals surface area contributed by atoms with Gasteiger partial charge in [-0.05, 0) is 49.7 Å². The van der Waals surface area contributed by atoms with Crippen LogP contribution >= 0.6 is 0 Å². The first-order valence-electron chi connectivity index (χ1n) is 7.14. The molecule has 0 radical (unpaired) electrons. The number of unbranched alkanes of at least 4 members (excludes halogenated alkanes) is 1. The van der Waals surface area contributed by atoms with E-state index in [0.717, 1.165) is 12.8 Å². The fourth-order valence-corrected chi connectivity index (χ4v) is 1.91. The van der Waals surface area contributed by atoms with Crippen LogP contribution in [0.15, 0.2) is 47.1 Å². The van der Waals surface area contributed by atoms with Crippen molar-refractivity contribution in [2.24, 2.45) is 5.73 Å². The highest BCUT2D eigenvalue weighted by atomic mass is 16.3. The first-order chi connectivity index (χ1) is 10.7. The number of benzene rings is 1. The van der Waals surface area contributed by atoms with Crippen molar-refractivity contribution in [2.45, 2.75) is 12.8 Å². The summed E-state index contributed by atoms with van der Waals surface area (Å²) < 4.78 is 5.02. The monoisotopic (exact) mass is 301 g/mol. The average Bonchev–Trinajstić information content (AvgIpc) is 3.06. The van der Waals surface area contributed by atoms with Crippen LogP contribution in [0.4, 0.5) is 5.69 Å². The van der Waals surface area contributed by atoms with Crippen molar-refractivity contribution in [1.29, 1.82) is 0 Å². The number of nitrogens with two attached hydrogens (primary N) is 1. The summed E-state index contributed by atoms with van der Waals surface area (Å²) in [4.78, 5) is 23.9. The fourth-order valence-electron chi connectivity index (χ4n) is 1.91. The summed E-state index contributed by atoms with van der Waals surface area (Å²) in [6.07, 6.45) is 3.15. The van der Waals surface area contributed by atoms with Crippen LogP contribution in [-0.2, 0) is 0 Å². The molecule has 22 heavy (non-hydrogen) atoms. The van der Waals surface area contributed by atoms with Gasteiger partial charge in [-0.15, -0.1) is 0 Å². The van der Waals surface area contributed by atoms with Crippen LogP contribution in [0.1, 0.15) is 33.8 Å². The number of furan rings is 1. The van der Waals surface area contributed by atoms with Gasteiger partial charge in [-0.25, -0.2) is 0 Å². The molecule has 0 bridgehead atoms. The van der Waals surface area contributed by atoms with Crippen molar-refractivity contribution in [3.63, 3.8) is 0 Å². The number of carbonyl (C=O) groups excluding carboxylic acids is 2. The Bertz CT molecular complexity index is 623. The minimum atomic E-state index is -0.356. The summed E-state index contributed by atoms with van der Waals surface area (Å²) >= 11 is 0. The van der Waals surface area contributed by atoms with E-state index in [-0.39, 0.29) is 17.6 Å². The molecule has 1 aromatic carbocycles. The Labute approximate surface area is 128 Å². The molecule has 6 heteroatoms. The smallest absolute Gasteiger partial charge is 0.291 e. The van der Waals surface area contributed by atoms with E-state index >= 15 is 0 Å². The molecule has 0 spiro atoms. The van der Waals surface area contributed by atoms with Gasteiger partial charge in [0.2, 0.25) is 0 Å². The second-order valence-electron chi connectivity index (χ2n) is 4.76. The first kappa shape index (κ1) is 15.8. The van der Waals surface area contributed by atoms with Gasteiger partial charge in [0.25, 0.3) is 11.8 Å². The van der Waals surface area contributed by atoms with Crippen molar-refractivity contribution in [3.8, 4) is 0 Å². The molecule has 0 aliphatic rings. The third-order valence-corrected chi connectivity index (χ3v) is 3.04. The molecule has 116 valence electrons. The van der Waals surface area contributed by atoms with Gasteiger partial charge in [0.05, 0.1) is 6.26 Å². The molecule has 1 aromatic heterocycles. The molecule has 1 heterocycles. The summed E-state index contributed by atoms with van der Waals surface area (Å²) in [5.74, 6) is -0.312. The lowest BCUT2D eigenvalue weighted by atomic mass is 10.2. The molecule has 0 aliphatic carbocycles. The van der Waals surface area contributed by atoms with E-state index in [1.165, 1.54) is 6.26 Å². The van der Waals surface area contributed by atoms with Crippen LogP contribution in [0.3, 0.4) is 0 Å². The summed E-state index contributed by atoms with van der Waals surface area (Å²) in [5.41, 5.74) is 6.43. The van der Waals surface area contributed by atoms with Gasteiger partial charge in [0, 0.05) is 17.8 Å². The van der Waals surface area contributed by atoms with Crippen molar-refractivity contribution in [2.75, 3.05) is 18.4 Å². The van der Waals surface area contributed by atoms with Crippen molar-refractivity contribution in [1.82, 2.24) is 5.32 Å². The summed E-state index contributed by atoms with van der Waals surface area (Å²) in [5, 5.41) is 5.50. The molecule has 0 aliphatic heterocycles. The molecule has 2 rings (SSSR count). The third kappa shape index (κ3) is 4.46. The largest absolute Gasteiger partial charge is 0.459 e. The quantitative estimate of drug-likeness (QED) is 0.681. The van der Waals surface area contributed by atoms with E-state index in [1.54, 1.807) is 36.4 Å². The van der Waals surface area contributed by atoms with Crippen molar-refractivity contribution >= 4 is 17.5 Å². The van der Waals surface area contributed by atoms with Crippen LogP contribution in [0, 0.1) is 0 Å². The van der Waals surface area contributed by atoms with Gasteiger partial charge in [0.1, 0.15) is 0 Å². The Morgan fingerprint density at radius 2 is 1.95 bits per heavy atom. The summed E-state index contributed by atoms with van der Waals surface area (Å²) in [7, 11) is 0. The molecule has 2 amide bonds. The lowest BCUT2D eigenvalue weighted by Gasteiger charge is -2.07. The maximum absolute atomic E-state index is 12.0. The molecule has 0 saturated heterocycles. The van der Waals surface area contributed by atoms with E-state index in [9.17, 15) is 9.59 Å². The molecule has 6 nitrogen and oxygen atoms in total. The maximum Gasteiger partial charge on any atom is 0.291 e. The zero-order valence-corrected chi connectivity index (χ0v) is 12.2. The normalized spacial score (nSPS) is 10.2. The molecule has 0 saturated carbocycles. The van der Waals surface area contributed by atoms with Crippen LogP contribution in [-0.4, -0.2) is 24.9 Å². The van der Waals surface area contributed by atoms with Gasteiger partial charge in [0.15, 0.2) is 5.76 Å². The van der Waals surface area contributed by atoms with Crippen LogP contribution in [0.25, 0.3) is 0 Å². The Balaban J connectivity index is 1.94.